The molecule has 0 radical (unpaired) electrons. The van der Waals surface area contributed by atoms with E-state index < -0.39 is 0 Å². The molecule has 5 heteroatoms. The van der Waals surface area contributed by atoms with Crippen molar-refractivity contribution in [2.75, 3.05) is 5.73 Å². The van der Waals surface area contributed by atoms with Crippen molar-refractivity contribution in [2.45, 2.75) is 6.61 Å². The number of anilines is 1. The van der Waals surface area contributed by atoms with Crippen molar-refractivity contribution in [2.24, 2.45) is 0 Å². The Kier molecular flexibility index (Phi) is 4.03. The van der Waals surface area contributed by atoms with Gasteiger partial charge in [-0.3, -0.25) is 0 Å². The molecule has 0 amide bonds. The summed E-state index contributed by atoms with van der Waals surface area (Å²) in [5, 5.41) is 8.97. The molecule has 0 fully saturated rings. The summed E-state index contributed by atoms with van der Waals surface area (Å²) in [5.41, 5.74) is 6.81. The van der Waals surface area contributed by atoms with Crippen LogP contribution in [0.25, 0.3) is 0 Å². The van der Waals surface area contributed by atoms with Crippen molar-refractivity contribution in [1.29, 1.82) is 5.26 Å². The first-order valence-electron chi connectivity index (χ1n) is 5.46. The zero-order valence-corrected chi connectivity index (χ0v) is 11.4. The Morgan fingerprint density at radius 3 is 2.79 bits per heavy atom. The van der Waals surface area contributed by atoms with E-state index >= 15 is 0 Å². The highest BCUT2D eigenvalue weighted by molar-refractivity contribution is 9.10. The topological polar surface area (TPSA) is 59.0 Å². The monoisotopic (exact) mass is 320 g/mol. The number of nitrogens with zero attached hydrogens (tertiary/aromatic N) is 1. The van der Waals surface area contributed by atoms with Crippen LogP contribution in [0.4, 0.5) is 10.1 Å². The number of halogens is 2. The lowest BCUT2D eigenvalue weighted by Crippen LogP contribution is -2.00. The lowest BCUT2D eigenvalue weighted by Gasteiger charge is -2.09. The van der Waals surface area contributed by atoms with E-state index in [0.717, 1.165) is 4.47 Å². The summed E-state index contributed by atoms with van der Waals surface area (Å²) < 4.78 is 19.8. The van der Waals surface area contributed by atoms with E-state index in [4.69, 9.17) is 15.7 Å². The van der Waals surface area contributed by atoms with Crippen LogP contribution in [0, 0.1) is 17.1 Å². The van der Waals surface area contributed by atoms with Crippen LogP contribution in [0.1, 0.15) is 11.1 Å². The van der Waals surface area contributed by atoms with E-state index in [-0.39, 0.29) is 12.4 Å². The van der Waals surface area contributed by atoms with Gasteiger partial charge in [0.05, 0.1) is 5.56 Å². The number of benzene rings is 2. The van der Waals surface area contributed by atoms with Gasteiger partial charge in [-0.1, -0.05) is 15.9 Å². The fraction of sp³-hybridized carbons (Fsp3) is 0.0714. The van der Waals surface area contributed by atoms with Crippen LogP contribution in [-0.2, 0) is 6.61 Å². The normalized spacial score (nSPS) is 9.95. The van der Waals surface area contributed by atoms with Crippen LogP contribution >= 0.6 is 15.9 Å². The van der Waals surface area contributed by atoms with Gasteiger partial charge in [-0.2, -0.15) is 5.26 Å². The largest absolute Gasteiger partial charge is 0.487 e. The molecule has 2 aromatic carbocycles. The molecule has 0 atom stereocenters. The van der Waals surface area contributed by atoms with E-state index in [9.17, 15) is 4.39 Å². The average molecular weight is 321 g/mol. The van der Waals surface area contributed by atoms with Crippen molar-refractivity contribution < 1.29 is 9.13 Å². The molecule has 96 valence electrons. The maximum Gasteiger partial charge on any atom is 0.137 e. The van der Waals surface area contributed by atoms with E-state index in [1.54, 1.807) is 24.3 Å². The second-order valence-electron chi connectivity index (χ2n) is 3.89. The van der Waals surface area contributed by atoms with Crippen molar-refractivity contribution in [3.05, 3.63) is 57.8 Å². The number of nitriles is 1. The summed E-state index contributed by atoms with van der Waals surface area (Å²) in [6.07, 6.45) is 0. The first-order chi connectivity index (χ1) is 9.10. The third-order valence-electron chi connectivity index (χ3n) is 2.52. The third kappa shape index (κ3) is 3.24. The molecule has 3 nitrogen and oxygen atoms in total. The van der Waals surface area contributed by atoms with Gasteiger partial charge in [0.2, 0.25) is 0 Å². The molecule has 19 heavy (non-hydrogen) atoms. The van der Waals surface area contributed by atoms with Crippen LogP contribution < -0.4 is 10.5 Å². The van der Waals surface area contributed by atoms with Gasteiger partial charge in [0, 0.05) is 15.7 Å². The molecule has 0 heterocycles. The molecular weight excluding hydrogens is 311 g/mol. The van der Waals surface area contributed by atoms with Crippen LogP contribution in [0.5, 0.6) is 5.75 Å². The molecule has 2 rings (SSSR count). The van der Waals surface area contributed by atoms with E-state index in [1.807, 2.05) is 6.07 Å². The first kappa shape index (κ1) is 13.4. The fourth-order valence-electron chi connectivity index (χ4n) is 1.57. The summed E-state index contributed by atoms with van der Waals surface area (Å²) in [7, 11) is 0. The quantitative estimate of drug-likeness (QED) is 0.879. The summed E-state index contributed by atoms with van der Waals surface area (Å²) in [6, 6.07) is 11.4. The molecule has 0 bridgehead atoms. The van der Waals surface area contributed by atoms with Gasteiger partial charge in [-0.25, -0.2) is 4.39 Å². The van der Waals surface area contributed by atoms with E-state index in [0.29, 0.717) is 22.6 Å². The van der Waals surface area contributed by atoms with E-state index in [2.05, 4.69) is 15.9 Å². The third-order valence-corrected chi connectivity index (χ3v) is 3.01. The molecule has 0 aromatic heterocycles. The Bertz CT molecular complexity index is 652. The number of rotatable bonds is 3. The number of hydrogen-bond donors (Lipinski definition) is 1. The lowest BCUT2D eigenvalue weighted by molar-refractivity contribution is 0.299. The van der Waals surface area contributed by atoms with Gasteiger partial charge < -0.3 is 10.5 Å². The Balaban J connectivity index is 2.19. The van der Waals surface area contributed by atoms with Gasteiger partial charge in [0.25, 0.3) is 0 Å². The van der Waals surface area contributed by atoms with Crippen LogP contribution in [0.2, 0.25) is 0 Å². The summed E-state index contributed by atoms with van der Waals surface area (Å²) in [6.45, 7) is 0.0455. The first-order valence-corrected chi connectivity index (χ1v) is 6.26. The molecule has 0 saturated carbocycles. The van der Waals surface area contributed by atoms with E-state index in [1.165, 1.54) is 12.1 Å². The zero-order chi connectivity index (χ0) is 13.8. The predicted molar refractivity (Wildman–Crippen MR) is 74.0 cm³/mol. The number of nitrogens with two attached hydrogens (primary N) is 1. The SMILES string of the molecule is N#Cc1cc(N)ccc1OCc1cc(Br)ccc1F. The minimum absolute atomic E-state index is 0.0455. The van der Waals surface area contributed by atoms with Gasteiger partial charge in [-0.15, -0.1) is 0 Å². The molecule has 2 N–H and O–H groups in total. The van der Waals surface area contributed by atoms with Gasteiger partial charge in [0.1, 0.15) is 24.2 Å². The highest BCUT2D eigenvalue weighted by atomic mass is 79.9. The van der Waals surface area contributed by atoms with Crippen LogP contribution in [-0.4, -0.2) is 0 Å². The fourth-order valence-corrected chi connectivity index (χ4v) is 1.98. The van der Waals surface area contributed by atoms with Crippen LogP contribution in [0.3, 0.4) is 0 Å². The summed E-state index contributed by atoms with van der Waals surface area (Å²) in [4.78, 5) is 0. The standard InChI is InChI=1S/C14H10BrFN2O/c15-11-1-3-13(16)10(5-11)8-19-14-4-2-12(18)6-9(14)7-17/h1-6H,8,18H2. The summed E-state index contributed by atoms with van der Waals surface area (Å²) in [5.74, 6) is 0.0354. The smallest absolute Gasteiger partial charge is 0.137 e. The molecule has 0 unspecified atom stereocenters. The predicted octanol–water partition coefficient (Wildman–Crippen LogP) is 3.62. The Morgan fingerprint density at radius 2 is 2.05 bits per heavy atom. The molecule has 0 spiro atoms. The van der Waals surface area contributed by atoms with Gasteiger partial charge in [-0.05, 0) is 36.4 Å². The maximum absolute atomic E-state index is 13.5. The second-order valence-corrected chi connectivity index (χ2v) is 4.81. The van der Waals surface area contributed by atoms with Crippen molar-refractivity contribution in [3.8, 4) is 11.8 Å². The maximum atomic E-state index is 13.5. The van der Waals surface area contributed by atoms with Gasteiger partial charge in [0.15, 0.2) is 0 Å². The molecule has 0 aliphatic carbocycles. The molecule has 2 aromatic rings. The number of hydrogen-bond acceptors (Lipinski definition) is 3. The highest BCUT2D eigenvalue weighted by Gasteiger charge is 2.07. The van der Waals surface area contributed by atoms with Crippen molar-refractivity contribution in [3.63, 3.8) is 0 Å². The average Bonchev–Trinajstić information content (AvgIpc) is 2.40. The van der Waals surface area contributed by atoms with Crippen LogP contribution in [0.15, 0.2) is 40.9 Å². The molecular formula is C14H10BrFN2O. The lowest BCUT2D eigenvalue weighted by atomic mass is 10.2. The summed E-state index contributed by atoms with van der Waals surface area (Å²) >= 11 is 3.27. The zero-order valence-electron chi connectivity index (χ0n) is 9.86. The Morgan fingerprint density at radius 1 is 1.26 bits per heavy atom. The molecule has 0 aliphatic heterocycles. The Hall–Kier alpha value is -2.06. The van der Waals surface area contributed by atoms with Gasteiger partial charge >= 0.3 is 0 Å². The second kappa shape index (κ2) is 5.72. The minimum atomic E-state index is -0.350. The molecule has 0 aliphatic rings. The highest BCUT2D eigenvalue weighted by Crippen LogP contribution is 2.23. The number of nitrogen functional groups attached to an aromatic ring is 1. The molecule has 0 saturated heterocycles. The van der Waals surface area contributed by atoms with Crippen molar-refractivity contribution >= 4 is 21.6 Å². The number of ether oxygens (including phenoxy) is 1. The minimum Gasteiger partial charge on any atom is -0.487 e. The Labute approximate surface area is 118 Å². The van der Waals surface area contributed by atoms with Crippen molar-refractivity contribution in [1.82, 2.24) is 0 Å².